The number of benzene rings is 1. The maximum atomic E-state index is 12.7. The summed E-state index contributed by atoms with van der Waals surface area (Å²) in [6, 6.07) is 9.23. The molecule has 3 atom stereocenters. The lowest BCUT2D eigenvalue weighted by Crippen LogP contribution is -2.50. The highest BCUT2D eigenvalue weighted by Gasteiger charge is 2.36. The Labute approximate surface area is 148 Å². The summed E-state index contributed by atoms with van der Waals surface area (Å²) in [5.41, 5.74) is 0.391. The molecule has 1 saturated carbocycles. The number of ether oxygens (including phenoxy) is 1. The zero-order valence-electron chi connectivity index (χ0n) is 14.7. The standard InChI is InChI=1S/C19H25N3O3/c1-21-12-15(20-13-21)19(24)22(2)16-10-6-7-11-17(18(16)23)25-14-8-4-3-5-9-14/h3-5,8-9,12-13,16-18,23H,6-7,10-11H2,1-2H3/t16-,17-,18-/m1/s1. The van der Waals surface area contributed by atoms with Crippen LogP contribution in [-0.4, -0.2) is 50.8 Å². The summed E-state index contributed by atoms with van der Waals surface area (Å²) >= 11 is 0. The van der Waals surface area contributed by atoms with Gasteiger partial charge in [-0.05, 0) is 31.4 Å². The fourth-order valence-corrected chi connectivity index (χ4v) is 3.37. The van der Waals surface area contributed by atoms with Crippen molar-refractivity contribution in [3.05, 3.63) is 48.5 Å². The molecule has 1 aromatic carbocycles. The van der Waals surface area contributed by atoms with Crippen molar-refractivity contribution in [1.29, 1.82) is 0 Å². The number of likely N-dealkylation sites (N-methyl/N-ethyl adjacent to an activating group) is 1. The maximum absolute atomic E-state index is 12.7. The van der Waals surface area contributed by atoms with Gasteiger partial charge in [0, 0.05) is 20.3 Å². The van der Waals surface area contributed by atoms with E-state index in [0.29, 0.717) is 5.69 Å². The van der Waals surface area contributed by atoms with Crippen molar-refractivity contribution in [1.82, 2.24) is 14.5 Å². The number of hydrogen-bond acceptors (Lipinski definition) is 4. The predicted molar refractivity (Wildman–Crippen MR) is 94.4 cm³/mol. The van der Waals surface area contributed by atoms with E-state index in [0.717, 1.165) is 31.4 Å². The summed E-state index contributed by atoms with van der Waals surface area (Å²) < 4.78 is 7.75. The van der Waals surface area contributed by atoms with E-state index in [2.05, 4.69) is 4.98 Å². The van der Waals surface area contributed by atoms with Crippen LogP contribution in [0.15, 0.2) is 42.9 Å². The third kappa shape index (κ3) is 4.02. The number of aromatic nitrogens is 2. The smallest absolute Gasteiger partial charge is 0.274 e. The number of carbonyl (C=O) groups is 1. The van der Waals surface area contributed by atoms with E-state index in [1.54, 1.807) is 29.0 Å². The molecule has 0 saturated heterocycles. The first-order valence-electron chi connectivity index (χ1n) is 8.71. The van der Waals surface area contributed by atoms with Gasteiger partial charge in [0.05, 0.1) is 12.4 Å². The first-order valence-corrected chi connectivity index (χ1v) is 8.71. The van der Waals surface area contributed by atoms with Crippen LogP contribution in [0.2, 0.25) is 0 Å². The summed E-state index contributed by atoms with van der Waals surface area (Å²) in [6.45, 7) is 0. The number of aliphatic hydroxyl groups is 1. The van der Waals surface area contributed by atoms with Gasteiger partial charge in [0.1, 0.15) is 23.7 Å². The van der Waals surface area contributed by atoms with Gasteiger partial charge in [-0.1, -0.05) is 24.6 Å². The van der Waals surface area contributed by atoms with Crippen LogP contribution in [0.3, 0.4) is 0 Å². The highest BCUT2D eigenvalue weighted by molar-refractivity contribution is 5.92. The summed E-state index contributed by atoms with van der Waals surface area (Å²) in [5.74, 6) is 0.566. The van der Waals surface area contributed by atoms with Crippen LogP contribution >= 0.6 is 0 Å². The van der Waals surface area contributed by atoms with Gasteiger partial charge >= 0.3 is 0 Å². The molecule has 0 spiro atoms. The molecule has 2 aromatic rings. The van der Waals surface area contributed by atoms with Crippen molar-refractivity contribution in [2.45, 2.75) is 43.9 Å². The minimum atomic E-state index is -0.736. The molecule has 0 bridgehead atoms. The lowest BCUT2D eigenvalue weighted by Gasteiger charge is -2.33. The number of imidazole rings is 1. The van der Waals surface area contributed by atoms with Gasteiger partial charge in [-0.25, -0.2) is 4.98 Å². The SMILES string of the molecule is CN(C(=O)c1cn(C)cn1)[C@@H]1CCCC[C@@H](Oc2ccccc2)[C@@H]1O. The van der Waals surface area contributed by atoms with Crippen molar-refractivity contribution in [2.24, 2.45) is 7.05 Å². The fourth-order valence-electron chi connectivity index (χ4n) is 3.37. The molecule has 6 nitrogen and oxygen atoms in total. The molecule has 1 fully saturated rings. The molecule has 0 unspecified atom stereocenters. The van der Waals surface area contributed by atoms with Crippen LogP contribution in [0.25, 0.3) is 0 Å². The number of rotatable bonds is 4. The Balaban J connectivity index is 1.74. The molecule has 1 heterocycles. The number of aryl methyl sites for hydroxylation is 1. The Hall–Kier alpha value is -2.34. The monoisotopic (exact) mass is 343 g/mol. The number of amides is 1. The van der Waals surface area contributed by atoms with Gasteiger partial charge in [0.25, 0.3) is 5.91 Å². The van der Waals surface area contributed by atoms with E-state index < -0.39 is 6.10 Å². The first-order chi connectivity index (χ1) is 12.1. The molecular weight excluding hydrogens is 318 g/mol. The van der Waals surface area contributed by atoms with E-state index in [9.17, 15) is 9.90 Å². The number of para-hydroxylation sites is 1. The summed E-state index contributed by atoms with van der Waals surface area (Å²) in [7, 11) is 3.56. The predicted octanol–water partition coefficient (Wildman–Crippen LogP) is 2.24. The van der Waals surface area contributed by atoms with E-state index in [4.69, 9.17) is 4.74 Å². The number of carbonyl (C=O) groups excluding carboxylic acids is 1. The van der Waals surface area contributed by atoms with E-state index in [1.807, 2.05) is 37.4 Å². The lowest BCUT2D eigenvalue weighted by molar-refractivity contribution is -0.0144. The minimum absolute atomic E-state index is 0.176. The van der Waals surface area contributed by atoms with Crippen LogP contribution < -0.4 is 4.74 Å². The molecular formula is C19H25N3O3. The molecule has 1 aromatic heterocycles. The largest absolute Gasteiger partial charge is 0.488 e. The Morgan fingerprint density at radius 1 is 1.28 bits per heavy atom. The molecule has 0 radical (unpaired) electrons. The molecule has 1 aliphatic carbocycles. The zero-order chi connectivity index (χ0) is 17.8. The minimum Gasteiger partial charge on any atom is -0.488 e. The number of aliphatic hydroxyl groups excluding tert-OH is 1. The van der Waals surface area contributed by atoms with Gasteiger partial charge < -0.3 is 19.3 Å². The fraction of sp³-hybridized carbons (Fsp3) is 0.474. The molecule has 0 aliphatic heterocycles. The third-order valence-electron chi connectivity index (χ3n) is 4.79. The summed E-state index contributed by atoms with van der Waals surface area (Å²) in [5, 5.41) is 10.9. The second-order valence-electron chi connectivity index (χ2n) is 6.65. The van der Waals surface area contributed by atoms with Crippen LogP contribution in [0.4, 0.5) is 0 Å². The maximum Gasteiger partial charge on any atom is 0.274 e. The molecule has 1 N–H and O–H groups in total. The van der Waals surface area contributed by atoms with E-state index in [1.165, 1.54) is 0 Å². The molecule has 1 amide bonds. The van der Waals surface area contributed by atoms with Crippen LogP contribution in [0.5, 0.6) is 5.75 Å². The van der Waals surface area contributed by atoms with Gasteiger partial charge in [-0.3, -0.25) is 4.79 Å². The lowest BCUT2D eigenvalue weighted by atomic mass is 10.0. The quantitative estimate of drug-likeness (QED) is 0.865. The van der Waals surface area contributed by atoms with E-state index >= 15 is 0 Å². The van der Waals surface area contributed by atoms with E-state index in [-0.39, 0.29) is 18.1 Å². The average molecular weight is 343 g/mol. The zero-order valence-corrected chi connectivity index (χ0v) is 14.7. The highest BCUT2D eigenvalue weighted by Crippen LogP contribution is 2.26. The van der Waals surface area contributed by atoms with Crippen LogP contribution in [-0.2, 0) is 7.05 Å². The highest BCUT2D eigenvalue weighted by atomic mass is 16.5. The van der Waals surface area contributed by atoms with Gasteiger partial charge in [-0.2, -0.15) is 0 Å². The van der Waals surface area contributed by atoms with Gasteiger partial charge in [0.15, 0.2) is 0 Å². The Kier molecular flexibility index (Phi) is 5.38. The number of hydrogen-bond donors (Lipinski definition) is 1. The van der Waals surface area contributed by atoms with Crippen molar-refractivity contribution in [3.8, 4) is 5.75 Å². The molecule has 134 valence electrons. The summed E-state index contributed by atoms with van der Waals surface area (Å²) in [6.07, 6.45) is 5.69. The molecule has 25 heavy (non-hydrogen) atoms. The average Bonchev–Trinajstić information content (AvgIpc) is 2.98. The topological polar surface area (TPSA) is 67.6 Å². The normalized spacial score (nSPS) is 23.7. The molecule has 3 rings (SSSR count). The first kappa shape index (κ1) is 17.5. The Morgan fingerprint density at radius 2 is 2.00 bits per heavy atom. The van der Waals surface area contributed by atoms with Crippen molar-refractivity contribution >= 4 is 5.91 Å². The van der Waals surface area contributed by atoms with Crippen molar-refractivity contribution < 1.29 is 14.6 Å². The number of nitrogens with zero attached hydrogens (tertiary/aromatic N) is 3. The van der Waals surface area contributed by atoms with Crippen LogP contribution in [0, 0.1) is 0 Å². The Bertz CT molecular complexity index is 701. The van der Waals surface area contributed by atoms with Crippen molar-refractivity contribution in [3.63, 3.8) is 0 Å². The second kappa shape index (κ2) is 7.70. The van der Waals surface area contributed by atoms with Crippen molar-refractivity contribution in [2.75, 3.05) is 7.05 Å². The van der Waals surface area contributed by atoms with Gasteiger partial charge in [-0.15, -0.1) is 0 Å². The molecule has 6 heteroatoms. The third-order valence-corrected chi connectivity index (χ3v) is 4.79. The Morgan fingerprint density at radius 3 is 2.68 bits per heavy atom. The molecule has 1 aliphatic rings. The second-order valence-corrected chi connectivity index (χ2v) is 6.65. The van der Waals surface area contributed by atoms with Crippen LogP contribution in [0.1, 0.15) is 36.2 Å². The van der Waals surface area contributed by atoms with Gasteiger partial charge in [0.2, 0.25) is 0 Å². The summed E-state index contributed by atoms with van der Waals surface area (Å²) in [4.78, 5) is 18.4.